The highest BCUT2D eigenvalue weighted by atomic mass is 16.3. The number of phenols is 2. The molecule has 1 aromatic carbocycles. The minimum Gasteiger partial charge on any atom is -0.507 e. The fraction of sp³-hybridized carbons (Fsp3) is 0.211. The maximum atomic E-state index is 11.3. The zero-order chi connectivity index (χ0) is 16.5. The molecular formula is C19H22O3. The van der Waals surface area contributed by atoms with Gasteiger partial charge < -0.3 is 10.2 Å². The molecule has 0 heterocycles. The first-order valence-electron chi connectivity index (χ1n) is 7.13. The summed E-state index contributed by atoms with van der Waals surface area (Å²) < 4.78 is 0. The molecule has 0 spiro atoms. The van der Waals surface area contributed by atoms with Gasteiger partial charge in [-0.3, -0.25) is 4.79 Å². The summed E-state index contributed by atoms with van der Waals surface area (Å²) in [5.41, 5.74) is 2.05. The summed E-state index contributed by atoms with van der Waals surface area (Å²) in [6.07, 6.45) is 13.6. The molecule has 2 N–H and O–H groups in total. The lowest BCUT2D eigenvalue weighted by atomic mass is 9.98. The van der Waals surface area contributed by atoms with E-state index in [9.17, 15) is 15.0 Å². The number of allylic oxidation sites excluding steroid dienone is 7. The van der Waals surface area contributed by atoms with E-state index in [4.69, 9.17) is 0 Å². The van der Waals surface area contributed by atoms with Crippen LogP contribution in [0.1, 0.15) is 42.3 Å². The molecule has 3 heteroatoms. The summed E-state index contributed by atoms with van der Waals surface area (Å²) in [6.45, 7) is 5.81. The summed E-state index contributed by atoms with van der Waals surface area (Å²) in [4.78, 5) is 11.3. The van der Waals surface area contributed by atoms with Gasteiger partial charge in [0.15, 0.2) is 6.29 Å². The number of benzene rings is 1. The lowest BCUT2D eigenvalue weighted by molar-refractivity contribution is 0.112. The molecule has 0 unspecified atom stereocenters. The van der Waals surface area contributed by atoms with Crippen LogP contribution < -0.4 is 0 Å². The molecular weight excluding hydrogens is 276 g/mol. The molecule has 0 atom stereocenters. The van der Waals surface area contributed by atoms with Gasteiger partial charge in [-0.05, 0) is 33.3 Å². The van der Waals surface area contributed by atoms with Crippen molar-refractivity contribution < 1.29 is 15.0 Å². The van der Waals surface area contributed by atoms with Crippen molar-refractivity contribution in [3.8, 4) is 11.5 Å². The van der Waals surface area contributed by atoms with Crippen molar-refractivity contribution in [2.75, 3.05) is 0 Å². The number of hydrogen-bond donors (Lipinski definition) is 2. The third-order valence-electron chi connectivity index (χ3n) is 3.07. The van der Waals surface area contributed by atoms with Gasteiger partial charge in [-0.25, -0.2) is 0 Å². The first kappa shape index (κ1) is 17.5. The van der Waals surface area contributed by atoms with Crippen LogP contribution in [-0.2, 0) is 6.42 Å². The van der Waals surface area contributed by atoms with Crippen molar-refractivity contribution in [3.63, 3.8) is 0 Å². The van der Waals surface area contributed by atoms with Crippen LogP contribution >= 0.6 is 0 Å². The maximum absolute atomic E-state index is 11.3. The van der Waals surface area contributed by atoms with Crippen molar-refractivity contribution in [2.45, 2.75) is 27.2 Å². The predicted molar refractivity (Wildman–Crippen MR) is 91.3 cm³/mol. The summed E-state index contributed by atoms with van der Waals surface area (Å²) in [5, 5.41) is 20.3. The quantitative estimate of drug-likeness (QED) is 0.350. The second-order valence-electron chi connectivity index (χ2n) is 5.10. The normalized spacial score (nSPS) is 11.6. The van der Waals surface area contributed by atoms with Gasteiger partial charge in [-0.1, -0.05) is 48.1 Å². The topological polar surface area (TPSA) is 57.5 Å². The minimum atomic E-state index is -0.0811. The zero-order valence-electron chi connectivity index (χ0n) is 13.2. The molecule has 0 aliphatic rings. The van der Waals surface area contributed by atoms with E-state index in [-0.39, 0.29) is 17.1 Å². The van der Waals surface area contributed by atoms with Gasteiger partial charge in [0.05, 0.1) is 5.56 Å². The predicted octanol–water partition coefficient (Wildman–Crippen LogP) is 4.56. The van der Waals surface area contributed by atoms with E-state index in [1.165, 1.54) is 6.07 Å². The van der Waals surface area contributed by atoms with Crippen LogP contribution in [0.3, 0.4) is 0 Å². The lowest BCUT2D eigenvalue weighted by Gasteiger charge is -2.10. The Labute approximate surface area is 131 Å². The van der Waals surface area contributed by atoms with Gasteiger partial charge in [-0.2, -0.15) is 0 Å². The first-order valence-corrected chi connectivity index (χ1v) is 7.13. The third kappa shape index (κ3) is 4.77. The molecule has 0 fully saturated rings. The Balaban J connectivity index is 3.22. The largest absolute Gasteiger partial charge is 0.507 e. The molecule has 22 heavy (non-hydrogen) atoms. The second-order valence-corrected chi connectivity index (χ2v) is 5.10. The van der Waals surface area contributed by atoms with Crippen LogP contribution in [0.4, 0.5) is 0 Å². The number of aromatic hydroxyl groups is 2. The molecule has 0 aromatic heterocycles. The van der Waals surface area contributed by atoms with E-state index in [0.717, 1.165) is 5.57 Å². The average molecular weight is 298 g/mol. The smallest absolute Gasteiger partial charge is 0.154 e. The second kappa shape index (κ2) is 8.67. The Morgan fingerprint density at radius 3 is 2.36 bits per heavy atom. The van der Waals surface area contributed by atoms with Crippen LogP contribution in [0.25, 0.3) is 6.08 Å². The van der Waals surface area contributed by atoms with Crippen molar-refractivity contribution in [3.05, 3.63) is 64.8 Å². The van der Waals surface area contributed by atoms with Gasteiger partial charge in [0, 0.05) is 11.1 Å². The van der Waals surface area contributed by atoms with Gasteiger partial charge in [0.2, 0.25) is 0 Å². The van der Waals surface area contributed by atoms with Crippen LogP contribution in [0.2, 0.25) is 0 Å². The number of carbonyl (C=O) groups excluding carboxylic acids is 1. The summed E-state index contributed by atoms with van der Waals surface area (Å²) in [6, 6.07) is 1.50. The molecule has 3 nitrogen and oxygen atoms in total. The Morgan fingerprint density at radius 1 is 1.09 bits per heavy atom. The molecule has 0 amide bonds. The van der Waals surface area contributed by atoms with E-state index in [1.807, 2.05) is 45.1 Å². The first-order chi connectivity index (χ1) is 10.5. The highest BCUT2D eigenvalue weighted by Crippen LogP contribution is 2.33. The molecule has 0 bridgehead atoms. The van der Waals surface area contributed by atoms with Crippen LogP contribution in [-0.4, -0.2) is 16.5 Å². The van der Waals surface area contributed by atoms with Crippen molar-refractivity contribution in [1.82, 2.24) is 0 Å². The van der Waals surface area contributed by atoms with E-state index >= 15 is 0 Å². The zero-order valence-corrected chi connectivity index (χ0v) is 13.2. The standard InChI is InChI=1S/C19H22O3/c1-4-5-6-7-8-9-16-17(13-20)19(22)15(12-18(16)21)11-10-14(2)3/h4-10,12-13,21-22H,11H2,1-3H3/b5-4+,7-6+,9-8+. The lowest BCUT2D eigenvalue weighted by Crippen LogP contribution is -1.94. The average Bonchev–Trinajstić information content (AvgIpc) is 2.48. The Hall–Kier alpha value is -2.55. The van der Waals surface area contributed by atoms with Gasteiger partial charge in [0.25, 0.3) is 0 Å². The molecule has 1 rings (SSSR count). The van der Waals surface area contributed by atoms with Crippen LogP contribution in [0.15, 0.2) is 48.1 Å². The number of aldehydes is 1. The number of phenolic OH excluding ortho intramolecular Hbond substituents is 2. The van der Waals surface area contributed by atoms with Gasteiger partial charge in [0.1, 0.15) is 11.5 Å². The van der Waals surface area contributed by atoms with E-state index in [2.05, 4.69) is 0 Å². The molecule has 0 aliphatic heterocycles. The number of rotatable bonds is 6. The molecule has 1 aromatic rings. The summed E-state index contributed by atoms with van der Waals surface area (Å²) in [5.74, 6) is -0.102. The molecule has 0 radical (unpaired) electrons. The van der Waals surface area contributed by atoms with Crippen LogP contribution in [0, 0.1) is 0 Å². The van der Waals surface area contributed by atoms with Gasteiger partial charge in [-0.15, -0.1) is 0 Å². The Kier molecular flexibility index (Phi) is 6.90. The molecule has 0 saturated heterocycles. The Bertz CT molecular complexity index is 643. The van der Waals surface area contributed by atoms with Crippen molar-refractivity contribution in [2.24, 2.45) is 0 Å². The monoisotopic (exact) mass is 298 g/mol. The van der Waals surface area contributed by atoms with E-state index in [0.29, 0.717) is 23.8 Å². The molecule has 0 saturated carbocycles. The third-order valence-corrected chi connectivity index (χ3v) is 3.07. The Morgan fingerprint density at radius 2 is 1.77 bits per heavy atom. The number of hydrogen-bond acceptors (Lipinski definition) is 3. The highest BCUT2D eigenvalue weighted by Gasteiger charge is 2.14. The minimum absolute atomic E-state index is 0.0206. The maximum Gasteiger partial charge on any atom is 0.154 e. The fourth-order valence-corrected chi connectivity index (χ4v) is 1.90. The molecule has 116 valence electrons. The van der Waals surface area contributed by atoms with Crippen molar-refractivity contribution >= 4 is 12.4 Å². The van der Waals surface area contributed by atoms with Gasteiger partial charge >= 0.3 is 0 Å². The van der Waals surface area contributed by atoms with E-state index < -0.39 is 0 Å². The fourth-order valence-electron chi connectivity index (χ4n) is 1.90. The number of carbonyl (C=O) groups is 1. The van der Waals surface area contributed by atoms with Crippen LogP contribution in [0.5, 0.6) is 11.5 Å². The van der Waals surface area contributed by atoms with E-state index in [1.54, 1.807) is 18.2 Å². The summed E-state index contributed by atoms with van der Waals surface area (Å²) in [7, 11) is 0. The summed E-state index contributed by atoms with van der Waals surface area (Å²) >= 11 is 0. The SMILES string of the molecule is C/C=C/C=C/C=C/c1c(O)cc(CC=C(C)C)c(O)c1C=O. The van der Waals surface area contributed by atoms with Crippen molar-refractivity contribution in [1.29, 1.82) is 0 Å². The highest BCUT2D eigenvalue weighted by molar-refractivity contribution is 5.88. The molecule has 0 aliphatic carbocycles.